The molecule has 0 spiro atoms. The summed E-state index contributed by atoms with van der Waals surface area (Å²) in [4.78, 5) is 1.42. The summed E-state index contributed by atoms with van der Waals surface area (Å²) in [5.41, 5.74) is 0. The second kappa shape index (κ2) is 8.04. The molecule has 0 aliphatic rings. The molecule has 1 aromatic rings. The van der Waals surface area contributed by atoms with Gasteiger partial charge in [0.25, 0.3) is 0 Å². The van der Waals surface area contributed by atoms with Crippen LogP contribution in [0.15, 0.2) is 28.1 Å². The highest BCUT2D eigenvalue weighted by atomic mass is 79.9. The highest BCUT2D eigenvalue weighted by Gasteiger charge is 1.94. The molecule has 0 unspecified atom stereocenters. The molecule has 0 atom stereocenters. The Balaban J connectivity index is 2.05. The van der Waals surface area contributed by atoms with Crippen LogP contribution < -0.4 is 5.32 Å². The monoisotopic (exact) mass is 301 g/mol. The molecule has 1 rings (SSSR count). The van der Waals surface area contributed by atoms with E-state index in [1.54, 1.807) is 0 Å². The van der Waals surface area contributed by atoms with Crippen molar-refractivity contribution < 1.29 is 0 Å². The number of allylic oxidation sites excluding steroid dienone is 1. The van der Waals surface area contributed by atoms with Crippen molar-refractivity contribution in [2.24, 2.45) is 5.92 Å². The van der Waals surface area contributed by atoms with Gasteiger partial charge >= 0.3 is 0 Å². The van der Waals surface area contributed by atoms with E-state index < -0.39 is 0 Å². The van der Waals surface area contributed by atoms with Crippen LogP contribution in [0.1, 0.15) is 25.1 Å². The number of hydrogen-bond donors (Lipinski definition) is 1. The van der Waals surface area contributed by atoms with Crippen molar-refractivity contribution in [2.75, 3.05) is 13.1 Å². The molecule has 0 radical (unpaired) electrons. The molecule has 0 amide bonds. The first-order valence-corrected chi connectivity index (χ1v) is 7.39. The van der Waals surface area contributed by atoms with Gasteiger partial charge in [0, 0.05) is 4.88 Å². The smallest absolute Gasteiger partial charge is 0.0701 e. The van der Waals surface area contributed by atoms with Crippen LogP contribution in [-0.2, 0) is 6.42 Å². The van der Waals surface area contributed by atoms with Crippen molar-refractivity contribution in [1.82, 2.24) is 5.32 Å². The topological polar surface area (TPSA) is 12.0 Å². The molecule has 16 heavy (non-hydrogen) atoms. The van der Waals surface area contributed by atoms with Gasteiger partial charge in [0.15, 0.2) is 0 Å². The van der Waals surface area contributed by atoms with Crippen LogP contribution in [0.2, 0.25) is 0 Å². The Morgan fingerprint density at radius 3 is 2.81 bits per heavy atom. The fraction of sp³-hybridized carbons (Fsp3) is 0.538. The van der Waals surface area contributed by atoms with Gasteiger partial charge in [0.1, 0.15) is 0 Å². The second-order valence-electron chi connectivity index (χ2n) is 4.27. The normalized spacial score (nSPS) is 11.8. The van der Waals surface area contributed by atoms with E-state index in [1.807, 2.05) is 11.3 Å². The SMILES string of the molecule is CC(C)CNCCC=CCc1ccc(Br)s1. The lowest BCUT2D eigenvalue weighted by Gasteiger charge is -2.04. The summed E-state index contributed by atoms with van der Waals surface area (Å²) in [6, 6.07) is 4.29. The zero-order chi connectivity index (χ0) is 11.8. The fourth-order valence-corrected chi connectivity index (χ4v) is 2.81. The van der Waals surface area contributed by atoms with Gasteiger partial charge in [-0.3, -0.25) is 0 Å². The van der Waals surface area contributed by atoms with Gasteiger partial charge in [-0.05, 0) is 59.9 Å². The summed E-state index contributed by atoms with van der Waals surface area (Å²) in [6.07, 6.45) is 6.70. The molecular formula is C13H20BrNS. The molecule has 90 valence electrons. The van der Waals surface area contributed by atoms with Crippen LogP contribution in [-0.4, -0.2) is 13.1 Å². The van der Waals surface area contributed by atoms with Gasteiger partial charge < -0.3 is 5.32 Å². The van der Waals surface area contributed by atoms with Crippen molar-refractivity contribution >= 4 is 27.3 Å². The molecule has 1 N–H and O–H groups in total. The fourth-order valence-electron chi connectivity index (χ4n) is 1.35. The van der Waals surface area contributed by atoms with E-state index in [1.165, 1.54) is 8.66 Å². The van der Waals surface area contributed by atoms with Crippen LogP contribution in [0, 0.1) is 5.92 Å². The molecule has 0 aliphatic heterocycles. The number of hydrogen-bond acceptors (Lipinski definition) is 2. The number of thiophene rings is 1. The molecule has 0 bridgehead atoms. The van der Waals surface area contributed by atoms with Crippen molar-refractivity contribution in [3.8, 4) is 0 Å². The Bertz CT molecular complexity index is 317. The van der Waals surface area contributed by atoms with E-state index in [-0.39, 0.29) is 0 Å². The molecule has 1 heterocycles. The maximum Gasteiger partial charge on any atom is 0.0701 e. The Kier molecular flexibility index (Phi) is 7.01. The maximum absolute atomic E-state index is 3.47. The van der Waals surface area contributed by atoms with Crippen molar-refractivity contribution in [2.45, 2.75) is 26.7 Å². The van der Waals surface area contributed by atoms with Gasteiger partial charge in [-0.15, -0.1) is 11.3 Å². The van der Waals surface area contributed by atoms with Gasteiger partial charge in [0.2, 0.25) is 0 Å². The van der Waals surface area contributed by atoms with Gasteiger partial charge in [-0.1, -0.05) is 26.0 Å². The van der Waals surface area contributed by atoms with E-state index >= 15 is 0 Å². The predicted molar refractivity (Wildman–Crippen MR) is 77.2 cm³/mol. The molecule has 1 nitrogen and oxygen atoms in total. The highest BCUT2D eigenvalue weighted by molar-refractivity contribution is 9.11. The summed E-state index contributed by atoms with van der Waals surface area (Å²) in [6.45, 7) is 6.67. The summed E-state index contributed by atoms with van der Waals surface area (Å²) in [5.74, 6) is 0.743. The molecule has 1 aromatic heterocycles. The molecule has 0 saturated heterocycles. The lowest BCUT2D eigenvalue weighted by atomic mass is 10.2. The Labute approximate surface area is 111 Å². The van der Waals surface area contributed by atoms with Crippen molar-refractivity contribution in [3.05, 3.63) is 32.9 Å². The minimum Gasteiger partial charge on any atom is -0.316 e. The van der Waals surface area contributed by atoms with E-state index in [9.17, 15) is 0 Å². The van der Waals surface area contributed by atoms with E-state index in [2.05, 4.69) is 59.4 Å². The lowest BCUT2D eigenvalue weighted by Crippen LogP contribution is -2.20. The van der Waals surface area contributed by atoms with E-state index in [4.69, 9.17) is 0 Å². The predicted octanol–water partition coefficient (Wildman–Crippen LogP) is 4.25. The first-order valence-electron chi connectivity index (χ1n) is 5.78. The molecule has 0 fully saturated rings. The van der Waals surface area contributed by atoms with Crippen LogP contribution in [0.25, 0.3) is 0 Å². The van der Waals surface area contributed by atoms with E-state index in [0.29, 0.717) is 0 Å². The molecule has 0 aromatic carbocycles. The van der Waals surface area contributed by atoms with Gasteiger partial charge in [-0.2, -0.15) is 0 Å². The summed E-state index contributed by atoms with van der Waals surface area (Å²) >= 11 is 5.28. The van der Waals surface area contributed by atoms with Crippen LogP contribution in [0.4, 0.5) is 0 Å². The van der Waals surface area contributed by atoms with Gasteiger partial charge in [-0.25, -0.2) is 0 Å². The van der Waals surface area contributed by atoms with Crippen LogP contribution in [0.3, 0.4) is 0 Å². The summed E-state index contributed by atoms with van der Waals surface area (Å²) in [5, 5.41) is 3.43. The summed E-state index contributed by atoms with van der Waals surface area (Å²) in [7, 11) is 0. The van der Waals surface area contributed by atoms with Crippen LogP contribution in [0.5, 0.6) is 0 Å². The second-order valence-corrected chi connectivity index (χ2v) is 6.82. The molecule has 0 aliphatic carbocycles. The minimum absolute atomic E-state index is 0.743. The third kappa shape index (κ3) is 6.46. The van der Waals surface area contributed by atoms with E-state index in [0.717, 1.165) is 31.8 Å². The Morgan fingerprint density at radius 2 is 2.19 bits per heavy atom. The van der Waals surface area contributed by atoms with Crippen LogP contribution >= 0.6 is 27.3 Å². The average molecular weight is 302 g/mol. The van der Waals surface area contributed by atoms with Crippen molar-refractivity contribution in [1.29, 1.82) is 0 Å². The maximum atomic E-state index is 3.47. The third-order valence-corrected chi connectivity index (χ3v) is 3.80. The molecule has 0 saturated carbocycles. The first kappa shape index (κ1) is 13.9. The van der Waals surface area contributed by atoms with Gasteiger partial charge in [0.05, 0.1) is 3.79 Å². The first-order chi connectivity index (χ1) is 7.68. The minimum atomic E-state index is 0.743. The Morgan fingerprint density at radius 1 is 1.38 bits per heavy atom. The zero-order valence-corrected chi connectivity index (χ0v) is 12.4. The van der Waals surface area contributed by atoms with Crippen molar-refractivity contribution in [3.63, 3.8) is 0 Å². The number of nitrogens with one attached hydrogen (secondary N) is 1. The lowest BCUT2D eigenvalue weighted by molar-refractivity contribution is 0.556. The largest absolute Gasteiger partial charge is 0.316 e. The standard InChI is InChI=1S/C13H20BrNS/c1-11(2)10-15-9-5-3-4-6-12-7-8-13(14)16-12/h3-4,7-8,11,15H,5-6,9-10H2,1-2H3. The quantitative estimate of drug-likeness (QED) is 0.586. The number of halogens is 1. The zero-order valence-electron chi connectivity index (χ0n) is 10.0. The molecule has 3 heteroatoms. The highest BCUT2D eigenvalue weighted by Crippen LogP contribution is 2.22. The average Bonchev–Trinajstić information content (AvgIpc) is 2.62. The Hall–Kier alpha value is -0.120. The third-order valence-electron chi connectivity index (χ3n) is 2.15. The molecular weight excluding hydrogens is 282 g/mol. The number of rotatable bonds is 7. The summed E-state index contributed by atoms with van der Waals surface area (Å²) < 4.78 is 1.22.